The number of ketones is 1. The zero-order chi connectivity index (χ0) is 40.6. The van der Waals surface area contributed by atoms with E-state index in [9.17, 15) is 27.6 Å². The molecule has 6 rings (SSSR count). The highest BCUT2D eigenvalue weighted by Gasteiger charge is 2.62. The molecule has 4 fully saturated rings. The van der Waals surface area contributed by atoms with Gasteiger partial charge in [0.2, 0.25) is 17.7 Å². The molecule has 2 amide bonds. The smallest absolute Gasteiger partial charge is 0.362 e. The summed E-state index contributed by atoms with van der Waals surface area (Å²) in [5, 5.41) is 1.53. The molecule has 2 aromatic rings. The summed E-state index contributed by atoms with van der Waals surface area (Å²) in [6.07, 6.45) is 4.44. The number of hydrogen-bond donors (Lipinski definition) is 1. The molecule has 15 heteroatoms. The van der Waals surface area contributed by atoms with E-state index in [0.29, 0.717) is 55.9 Å². The van der Waals surface area contributed by atoms with E-state index in [-0.39, 0.29) is 44.1 Å². The van der Waals surface area contributed by atoms with Crippen molar-refractivity contribution in [1.82, 2.24) is 14.6 Å². The lowest BCUT2D eigenvalue weighted by atomic mass is 9.82. The van der Waals surface area contributed by atoms with Crippen LogP contribution in [0.5, 0.6) is 11.6 Å². The fraction of sp³-hybridized carbons (Fsp3) is 0.634. The Labute approximate surface area is 329 Å². The Morgan fingerprint density at radius 1 is 1.12 bits per heavy atom. The van der Waals surface area contributed by atoms with Crippen LogP contribution in [0.4, 0.5) is 0 Å². The first-order valence-corrected chi connectivity index (χ1v) is 20.9. The molecule has 1 aromatic heterocycles. The fourth-order valence-corrected chi connectivity index (χ4v) is 9.51. The summed E-state index contributed by atoms with van der Waals surface area (Å²) < 4.78 is 56.9. The van der Waals surface area contributed by atoms with Crippen molar-refractivity contribution >= 4 is 44.6 Å². The number of rotatable bonds is 16. The number of methoxy groups -OCH3 is 1. The standard InChI is InChI=1S/C41H55N3O11S/c1-8-28-22-40(28,38(48)43-56(49,50)55-41(14-15-41)25(2)3)23-34(45)33-20-30(53-36-31-10-9-29(51-7)19-27(31)11-16-42-36)24-44(33)37(47)32(26-12-17-52-18-13-26)21-35(46)54-39(4,5)6/h8-11,16,19,25-26,28,30,32-33H,1,12-15,17-18,20-24H2,2-7H3,(H,43,48)/t28-,30-,32+,33+,40-/m1/s1. The van der Waals surface area contributed by atoms with Gasteiger partial charge in [-0.05, 0) is 100 Å². The Morgan fingerprint density at radius 3 is 2.45 bits per heavy atom. The van der Waals surface area contributed by atoms with Crippen LogP contribution in [0.25, 0.3) is 10.8 Å². The Kier molecular flexibility index (Phi) is 11.9. The second kappa shape index (κ2) is 16.0. The summed E-state index contributed by atoms with van der Waals surface area (Å²) in [6.45, 7) is 13.7. The number of fused-ring (bicyclic) bond motifs is 1. The molecule has 306 valence electrons. The Morgan fingerprint density at radius 2 is 1.84 bits per heavy atom. The van der Waals surface area contributed by atoms with E-state index < -0.39 is 74.5 Å². The van der Waals surface area contributed by atoms with Crippen molar-refractivity contribution in [3.63, 3.8) is 0 Å². The molecule has 14 nitrogen and oxygen atoms in total. The predicted molar refractivity (Wildman–Crippen MR) is 206 cm³/mol. The van der Waals surface area contributed by atoms with Crippen LogP contribution in [0.15, 0.2) is 43.1 Å². The molecule has 3 heterocycles. The van der Waals surface area contributed by atoms with E-state index in [4.69, 9.17) is 23.1 Å². The largest absolute Gasteiger partial charge is 0.497 e. The number of esters is 1. The van der Waals surface area contributed by atoms with Gasteiger partial charge in [-0.1, -0.05) is 19.9 Å². The van der Waals surface area contributed by atoms with Crippen LogP contribution in [-0.4, -0.2) is 92.1 Å². The van der Waals surface area contributed by atoms with Crippen molar-refractivity contribution in [1.29, 1.82) is 0 Å². The minimum atomic E-state index is -4.49. The van der Waals surface area contributed by atoms with E-state index in [2.05, 4.69) is 16.3 Å². The summed E-state index contributed by atoms with van der Waals surface area (Å²) in [7, 11) is -2.91. The van der Waals surface area contributed by atoms with Crippen LogP contribution in [0.1, 0.15) is 86.0 Å². The second-order valence-corrected chi connectivity index (χ2v) is 18.3. The Hall–Kier alpha value is -4.08. The number of aromatic nitrogens is 1. The molecule has 4 aliphatic rings. The highest BCUT2D eigenvalue weighted by Crippen LogP contribution is 2.57. The van der Waals surface area contributed by atoms with Crippen LogP contribution < -0.4 is 14.2 Å². The van der Waals surface area contributed by atoms with Crippen LogP contribution >= 0.6 is 0 Å². The highest BCUT2D eigenvalue weighted by atomic mass is 32.2. The van der Waals surface area contributed by atoms with E-state index in [1.807, 2.05) is 32.0 Å². The number of Topliss-reactive ketones (excluding diaryl/α,β-unsaturated/α-hetero) is 1. The maximum Gasteiger partial charge on any atom is 0.362 e. The zero-order valence-corrected chi connectivity index (χ0v) is 34.0. The first-order chi connectivity index (χ1) is 26.4. The summed E-state index contributed by atoms with van der Waals surface area (Å²) in [5.41, 5.74) is -3.03. The topological polar surface area (TPSA) is 177 Å². The number of benzene rings is 1. The number of allylic oxidation sites excluding steroid dienone is 1. The van der Waals surface area contributed by atoms with Crippen LogP contribution in [-0.2, 0) is 43.1 Å². The third-order valence-electron chi connectivity index (χ3n) is 11.7. The molecule has 0 spiro atoms. The lowest BCUT2D eigenvalue weighted by Gasteiger charge is -2.34. The average molecular weight is 798 g/mol. The third kappa shape index (κ3) is 9.21. The minimum absolute atomic E-state index is 0.0150. The van der Waals surface area contributed by atoms with Crippen molar-refractivity contribution in [3.05, 3.63) is 43.1 Å². The quantitative estimate of drug-likeness (QED) is 0.176. The number of amides is 2. The van der Waals surface area contributed by atoms with E-state index >= 15 is 0 Å². The molecule has 56 heavy (non-hydrogen) atoms. The van der Waals surface area contributed by atoms with E-state index in [1.165, 1.54) is 4.90 Å². The first kappa shape index (κ1) is 41.6. The Balaban J connectivity index is 1.28. The number of nitrogens with one attached hydrogen (secondary N) is 1. The number of carbonyl (C=O) groups excluding carboxylic acids is 4. The third-order valence-corrected chi connectivity index (χ3v) is 12.7. The van der Waals surface area contributed by atoms with Gasteiger partial charge in [0.25, 0.3) is 0 Å². The van der Waals surface area contributed by atoms with Gasteiger partial charge in [0.15, 0.2) is 5.78 Å². The normalized spacial score (nSPS) is 25.3. The van der Waals surface area contributed by atoms with Gasteiger partial charge in [-0.15, -0.1) is 6.58 Å². The van der Waals surface area contributed by atoms with Crippen molar-refractivity contribution < 1.29 is 50.7 Å². The maximum absolute atomic E-state index is 14.8. The number of hydrogen-bond acceptors (Lipinski definition) is 12. The molecular weight excluding hydrogens is 743 g/mol. The number of pyridine rings is 1. The van der Waals surface area contributed by atoms with Crippen LogP contribution in [0, 0.1) is 29.1 Å². The number of nitrogens with zero attached hydrogens (tertiary/aromatic N) is 2. The SMILES string of the molecule is C=C[C@@H]1C[C@]1(CC(=O)[C@@H]1C[C@@H](Oc2nccc3cc(OC)ccc23)CN1C(=O)[C@@H](CC(=O)OC(C)(C)C)C1CCOCC1)C(=O)NS(=O)(=O)OC1(C(C)C)CC1. The molecule has 2 saturated carbocycles. The molecule has 0 unspecified atom stereocenters. The summed E-state index contributed by atoms with van der Waals surface area (Å²) in [5.74, 6) is -2.78. The van der Waals surface area contributed by atoms with Gasteiger partial charge >= 0.3 is 16.3 Å². The first-order valence-electron chi connectivity index (χ1n) is 19.5. The monoisotopic (exact) mass is 797 g/mol. The van der Waals surface area contributed by atoms with Gasteiger partial charge in [-0.2, -0.15) is 8.42 Å². The second-order valence-electron chi connectivity index (χ2n) is 17.1. The molecule has 0 radical (unpaired) electrons. The Bertz CT molecular complexity index is 1950. The number of likely N-dealkylation sites (tertiary alicyclic amines) is 1. The van der Waals surface area contributed by atoms with Crippen molar-refractivity contribution in [2.45, 2.75) is 109 Å². The molecule has 5 atom stereocenters. The van der Waals surface area contributed by atoms with Crippen LogP contribution in [0.3, 0.4) is 0 Å². The van der Waals surface area contributed by atoms with E-state index in [1.54, 1.807) is 46.2 Å². The minimum Gasteiger partial charge on any atom is -0.497 e. The van der Waals surface area contributed by atoms with Crippen LogP contribution in [0.2, 0.25) is 0 Å². The van der Waals surface area contributed by atoms with Crippen molar-refractivity contribution in [3.8, 4) is 11.6 Å². The van der Waals surface area contributed by atoms with E-state index in [0.717, 1.165) is 5.39 Å². The zero-order valence-electron chi connectivity index (χ0n) is 33.2. The van der Waals surface area contributed by atoms with Gasteiger partial charge in [-0.25, -0.2) is 13.9 Å². The number of ether oxygens (including phenoxy) is 4. The molecule has 2 saturated heterocycles. The van der Waals surface area contributed by atoms with Gasteiger partial charge in [0.1, 0.15) is 17.5 Å². The lowest BCUT2D eigenvalue weighted by molar-refractivity contribution is -0.160. The van der Waals surface area contributed by atoms with Gasteiger partial charge in [-0.3, -0.25) is 19.2 Å². The molecule has 2 aliphatic heterocycles. The van der Waals surface area contributed by atoms with Crippen molar-refractivity contribution in [2.75, 3.05) is 26.9 Å². The van der Waals surface area contributed by atoms with Crippen molar-refractivity contribution in [2.24, 2.45) is 29.1 Å². The molecule has 2 aliphatic carbocycles. The highest BCUT2D eigenvalue weighted by molar-refractivity contribution is 7.85. The summed E-state index contributed by atoms with van der Waals surface area (Å²) >= 11 is 0. The average Bonchev–Trinajstić information content (AvgIpc) is 4.03. The van der Waals surface area contributed by atoms with Gasteiger partial charge < -0.3 is 23.8 Å². The molecule has 1 N–H and O–H groups in total. The maximum atomic E-state index is 14.8. The molecule has 1 aromatic carbocycles. The van der Waals surface area contributed by atoms with Gasteiger partial charge in [0, 0.05) is 37.6 Å². The molecular formula is C41H55N3O11S. The fourth-order valence-electron chi connectivity index (χ4n) is 8.24. The number of carbonyl (C=O) groups is 4. The molecule has 0 bridgehead atoms. The summed E-state index contributed by atoms with van der Waals surface area (Å²) in [4.78, 5) is 62.4. The predicted octanol–water partition coefficient (Wildman–Crippen LogP) is 5.08. The lowest BCUT2D eigenvalue weighted by Crippen LogP contribution is -2.48. The summed E-state index contributed by atoms with van der Waals surface area (Å²) in [6, 6.07) is 6.25. The van der Waals surface area contributed by atoms with Gasteiger partial charge in [0.05, 0.1) is 43.1 Å².